The maximum atomic E-state index is 12.6. The van der Waals surface area contributed by atoms with E-state index in [2.05, 4.69) is 0 Å². The van der Waals surface area contributed by atoms with Crippen LogP contribution in [0.5, 0.6) is 0 Å². The minimum atomic E-state index is -0.702. The topological polar surface area (TPSA) is 60.9 Å². The van der Waals surface area contributed by atoms with E-state index in [1.807, 2.05) is 16.7 Å². The summed E-state index contributed by atoms with van der Waals surface area (Å²) < 4.78 is 0. The number of carboxylic acid groups (broad SMARTS) is 1. The van der Waals surface area contributed by atoms with E-state index in [1.165, 1.54) is 12.8 Å². The van der Waals surface area contributed by atoms with Crippen LogP contribution in [-0.2, 0) is 4.79 Å². The van der Waals surface area contributed by atoms with Gasteiger partial charge in [0.05, 0.1) is 5.41 Å². The number of carbonyl (C=O) groups excluding carboxylic acids is 1. The Labute approximate surface area is 119 Å². The highest BCUT2D eigenvalue weighted by atomic mass is 16.4. The molecule has 3 aliphatic rings. The van der Waals surface area contributed by atoms with E-state index in [0.717, 1.165) is 13.0 Å². The summed E-state index contributed by atoms with van der Waals surface area (Å²) in [4.78, 5) is 27.9. The summed E-state index contributed by atoms with van der Waals surface area (Å²) in [5.41, 5.74) is -0.610. The zero-order valence-electron chi connectivity index (χ0n) is 12.2. The normalized spacial score (nSPS) is 31.6. The SMILES string of the molecule is CCC1(C(=O)O)CCN(C(=O)N2CC3CCC2C3)CC1. The van der Waals surface area contributed by atoms with E-state index in [0.29, 0.717) is 44.3 Å². The fourth-order valence-corrected chi connectivity index (χ4v) is 4.19. The first kappa shape index (κ1) is 13.7. The summed E-state index contributed by atoms with van der Waals surface area (Å²) in [7, 11) is 0. The third kappa shape index (κ3) is 2.07. The molecule has 20 heavy (non-hydrogen) atoms. The number of likely N-dealkylation sites (tertiary alicyclic amines) is 2. The smallest absolute Gasteiger partial charge is 0.320 e. The Kier molecular flexibility index (Phi) is 3.38. The predicted molar refractivity (Wildman–Crippen MR) is 74.4 cm³/mol. The van der Waals surface area contributed by atoms with Gasteiger partial charge in [0, 0.05) is 25.7 Å². The molecule has 0 aromatic rings. The number of hydrogen-bond acceptors (Lipinski definition) is 2. The highest BCUT2D eigenvalue weighted by Gasteiger charge is 2.45. The van der Waals surface area contributed by atoms with Crippen molar-refractivity contribution in [2.75, 3.05) is 19.6 Å². The molecule has 0 radical (unpaired) electrons. The number of carbonyl (C=O) groups is 2. The van der Waals surface area contributed by atoms with Crippen LogP contribution in [-0.4, -0.2) is 52.6 Å². The van der Waals surface area contributed by atoms with E-state index in [1.54, 1.807) is 0 Å². The lowest BCUT2D eigenvalue weighted by atomic mass is 9.76. The fourth-order valence-electron chi connectivity index (χ4n) is 4.19. The molecule has 3 rings (SSSR count). The lowest BCUT2D eigenvalue weighted by Gasteiger charge is -2.41. The molecule has 0 aromatic heterocycles. The van der Waals surface area contributed by atoms with Crippen LogP contribution in [0.4, 0.5) is 4.79 Å². The second-order valence-electron chi connectivity index (χ2n) is 6.69. The first-order chi connectivity index (χ1) is 9.55. The van der Waals surface area contributed by atoms with Crippen LogP contribution < -0.4 is 0 Å². The van der Waals surface area contributed by atoms with Gasteiger partial charge in [0.1, 0.15) is 0 Å². The molecule has 1 N–H and O–H groups in total. The number of hydrogen-bond donors (Lipinski definition) is 1. The number of amides is 2. The quantitative estimate of drug-likeness (QED) is 0.843. The molecule has 2 saturated heterocycles. The molecule has 2 atom stereocenters. The number of nitrogens with zero attached hydrogens (tertiary/aromatic N) is 2. The molecule has 5 nitrogen and oxygen atoms in total. The van der Waals surface area contributed by atoms with Gasteiger partial charge >= 0.3 is 12.0 Å². The van der Waals surface area contributed by atoms with Gasteiger partial charge in [-0.05, 0) is 44.4 Å². The molecule has 0 spiro atoms. The summed E-state index contributed by atoms with van der Waals surface area (Å²) in [6.07, 6.45) is 5.43. The van der Waals surface area contributed by atoms with Crippen molar-refractivity contribution >= 4 is 12.0 Å². The number of fused-ring (bicyclic) bond motifs is 2. The van der Waals surface area contributed by atoms with E-state index in [4.69, 9.17) is 0 Å². The van der Waals surface area contributed by atoms with Crippen molar-refractivity contribution in [3.63, 3.8) is 0 Å². The highest BCUT2D eigenvalue weighted by molar-refractivity contribution is 5.77. The van der Waals surface area contributed by atoms with Crippen molar-refractivity contribution < 1.29 is 14.7 Å². The second-order valence-corrected chi connectivity index (χ2v) is 6.69. The number of urea groups is 1. The maximum Gasteiger partial charge on any atom is 0.320 e. The van der Waals surface area contributed by atoms with Gasteiger partial charge in [0.15, 0.2) is 0 Å². The van der Waals surface area contributed by atoms with Crippen LogP contribution >= 0.6 is 0 Å². The van der Waals surface area contributed by atoms with E-state index >= 15 is 0 Å². The largest absolute Gasteiger partial charge is 0.481 e. The Hall–Kier alpha value is -1.26. The van der Waals surface area contributed by atoms with Crippen LogP contribution in [0.2, 0.25) is 0 Å². The average Bonchev–Trinajstić information content (AvgIpc) is 3.09. The standard InChI is InChI=1S/C15H24N2O3/c1-2-15(13(18)19)5-7-16(8-6-15)14(20)17-10-11-3-4-12(17)9-11/h11-12H,2-10H2,1H3,(H,18,19). The Morgan fingerprint density at radius 2 is 1.95 bits per heavy atom. The van der Waals surface area contributed by atoms with Gasteiger partial charge in [-0.25, -0.2) is 4.79 Å². The van der Waals surface area contributed by atoms with Crippen LogP contribution in [0.15, 0.2) is 0 Å². The van der Waals surface area contributed by atoms with Gasteiger partial charge in [-0.1, -0.05) is 6.92 Å². The van der Waals surface area contributed by atoms with Crippen molar-refractivity contribution in [2.24, 2.45) is 11.3 Å². The highest BCUT2D eigenvalue weighted by Crippen LogP contribution is 2.39. The number of rotatable bonds is 2. The van der Waals surface area contributed by atoms with Crippen LogP contribution in [0.3, 0.4) is 0 Å². The van der Waals surface area contributed by atoms with Crippen molar-refractivity contribution in [3.05, 3.63) is 0 Å². The fraction of sp³-hybridized carbons (Fsp3) is 0.867. The summed E-state index contributed by atoms with van der Waals surface area (Å²) in [6, 6.07) is 0.595. The van der Waals surface area contributed by atoms with Gasteiger partial charge < -0.3 is 14.9 Å². The monoisotopic (exact) mass is 280 g/mol. The molecular weight excluding hydrogens is 256 g/mol. The minimum absolute atomic E-state index is 0.146. The molecule has 0 aromatic carbocycles. The molecule has 3 fully saturated rings. The molecule has 2 heterocycles. The van der Waals surface area contributed by atoms with Crippen LogP contribution in [0.25, 0.3) is 0 Å². The average molecular weight is 280 g/mol. The van der Waals surface area contributed by atoms with Crippen molar-refractivity contribution in [1.82, 2.24) is 9.80 Å². The second kappa shape index (κ2) is 4.93. The maximum absolute atomic E-state index is 12.6. The first-order valence-electron chi connectivity index (χ1n) is 7.84. The Balaban J connectivity index is 1.61. The zero-order chi connectivity index (χ0) is 14.3. The van der Waals surface area contributed by atoms with E-state index in [-0.39, 0.29) is 6.03 Å². The molecule has 2 amide bonds. The number of piperidine rings is 2. The van der Waals surface area contributed by atoms with E-state index < -0.39 is 11.4 Å². The summed E-state index contributed by atoms with van der Waals surface area (Å²) in [5, 5.41) is 9.40. The van der Waals surface area contributed by atoms with Gasteiger partial charge in [0.2, 0.25) is 0 Å². The zero-order valence-corrected chi connectivity index (χ0v) is 12.2. The molecule has 1 aliphatic carbocycles. The summed E-state index contributed by atoms with van der Waals surface area (Å²) in [5.74, 6) is 0.00909. The Morgan fingerprint density at radius 1 is 1.25 bits per heavy atom. The van der Waals surface area contributed by atoms with Gasteiger partial charge in [-0.3, -0.25) is 4.79 Å². The number of aliphatic carboxylic acids is 1. The number of carboxylic acids is 1. The third-order valence-electron chi connectivity index (χ3n) is 5.78. The van der Waals surface area contributed by atoms with Crippen molar-refractivity contribution in [1.29, 1.82) is 0 Å². The lowest BCUT2D eigenvalue weighted by molar-refractivity contribution is -0.152. The predicted octanol–water partition coefficient (Wildman–Crippen LogP) is 2.17. The van der Waals surface area contributed by atoms with Crippen LogP contribution in [0.1, 0.15) is 45.4 Å². The molecule has 112 valence electrons. The molecule has 5 heteroatoms. The molecule has 2 unspecified atom stereocenters. The molecular formula is C15H24N2O3. The van der Waals surface area contributed by atoms with Crippen molar-refractivity contribution in [3.8, 4) is 0 Å². The lowest BCUT2D eigenvalue weighted by Crippen LogP contribution is -2.52. The summed E-state index contributed by atoms with van der Waals surface area (Å²) >= 11 is 0. The third-order valence-corrected chi connectivity index (χ3v) is 5.78. The van der Waals surface area contributed by atoms with E-state index in [9.17, 15) is 14.7 Å². The summed E-state index contributed by atoms with van der Waals surface area (Å²) in [6.45, 7) is 4.03. The first-order valence-corrected chi connectivity index (χ1v) is 7.84. The van der Waals surface area contributed by atoms with Gasteiger partial charge in [0.25, 0.3) is 0 Å². The molecule has 1 saturated carbocycles. The van der Waals surface area contributed by atoms with Crippen LogP contribution in [0, 0.1) is 11.3 Å². The van der Waals surface area contributed by atoms with Gasteiger partial charge in [-0.15, -0.1) is 0 Å². The Morgan fingerprint density at radius 3 is 2.40 bits per heavy atom. The van der Waals surface area contributed by atoms with Gasteiger partial charge in [-0.2, -0.15) is 0 Å². The molecule has 2 bridgehead atoms. The van der Waals surface area contributed by atoms with Crippen molar-refractivity contribution in [2.45, 2.75) is 51.5 Å². The molecule has 2 aliphatic heterocycles. The Bertz CT molecular complexity index is 415. The minimum Gasteiger partial charge on any atom is -0.481 e.